The Hall–Kier alpha value is -2.90. The molecular weight excluding hydrogens is 592 g/mol. The van der Waals surface area contributed by atoms with Gasteiger partial charge in [0.05, 0.1) is 6.20 Å². The normalized spacial score (nSPS) is 10.5. The van der Waals surface area contributed by atoms with Crippen molar-refractivity contribution in [3.05, 3.63) is 82.7 Å². The third-order valence-corrected chi connectivity index (χ3v) is 4.21. The molecule has 0 saturated heterocycles. The van der Waals surface area contributed by atoms with Crippen molar-refractivity contribution >= 4 is 5.97 Å². The Morgan fingerprint density at radius 2 is 1.91 bits per heavy atom. The Kier molecular flexibility index (Phi) is 9.68. The first-order valence-corrected chi connectivity index (χ1v) is 9.38. The van der Waals surface area contributed by atoms with Crippen molar-refractivity contribution in [3.63, 3.8) is 0 Å². The number of aryl methyl sites for hydroxylation is 1. The van der Waals surface area contributed by atoms with Crippen LogP contribution in [0.2, 0.25) is 0 Å². The zero-order valence-electron chi connectivity index (χ0n) is 17.1. The molecule has 32 heavy (non-hydrogen) atoms. The van der Waals surface area contributed by atoms with Gasteiger partial charge < -0.3 is 19.9 Å². The van der Waals surface area contributed by atoms with E-state index < -0.39 is 19.0 Å². The second-order valence-corrected chi connectivity index (χ2v) is 6.54. The summed E-state index contributed by atoms with van der Waals surface area (Å²) in [6.45, 7) is 1.20. The summed E-state index contributed by atoms with van der Waals surface area (Å²) in [6.07, 6.45) is 0.111. The van der Waals surface area contributed by atoms with Crippen LogP contribution in [0.1, 0.15) is 27.3 Å². The number of alkyl halides is 2. The summed E-state index contributed by atoms with van der Waals surface area (Å²) in [6, 6.07) is 11.6. The van der Waals surface area contributed by atoms with Gasteiger partial charge in [0.2, 0.25) is 0 Å². The van der Waals surface area contributed by atoms with Crippen LogP contribution < -0.4 is 9.47 Å². The summed E-state index contributed by atoms with van der Waals surface area (Å²) in [5.41, 5.74) is 1.43. The minimum atomic E-state index is -2.57. The van der Waals surface area contributed by atoms with Gasteiger partial charge in [-0.2, -0.15) is 0 Å². The van der Waals surface area contributed by atoms with E-state index >= 15 is 0 Å². The third kappa shape index (κ3) is 7.07. The summed E-state index contributed by atoms with van der Waals surface area (Å²) in [4.78, 5) is 20.7. The van der Waals surface area contributed by atoms with Gasteiger partial charge in [-0.05, 0) is 36.8 Å². The molecule has 0 aliphatic carbocycles. The number of aromatic nitrogens is 2. The van der Waals surface area contributed by atoms with E-state index in [4.69, 9.17) is 9.47 Å². The number of halogens is 2. The molecule has 0 atom stereocenters. The van der Waals surface area contributed by atoms with Gasteiger partial charge in [-0.1, -0.05) is 18.2 Å². The minimum absolute atomic E-state index is 0. The maximum atomic E-state index is 12.5. The van der Waals surface area contributed by atoms with Crippen molar-refractivity contribution < 1.29 is 49.2 Å². The fourth-order valence-corrected chi connectivity index (χ4v) is 2.73. The zero-order chi connectivity index (χ0) is 22.2. The van der Waals surface area contributed by atoms with Gasteiger partial charge in [0.15, 0.2) is 5.69 Å². The van der Waals surface area contributed by atoms with E-state index in [0.29, 0.717) is 17.0 Å². The molecular formula is C22H20F2N3O4W-. The van der Waals surface area contributed by atoms with Crippen molar-refractivity contribution in [2.24, 2.45) is 0 Å². The second kappa shape index (κ2) is 12.2. The number of rotatable bonds is 9. The maximum absolute atomic E-state index is 12.5. The first-order chi connectivity index (χ1) is 14.9. The van der Waals surface area contributed by atoms with Gasteiger partial charge in [0, 0.05) is 38.5 Å². The van der Waals surface area contributed by atoms with E-state index in [1.807, 2.05) is 0 Å². The summed E-state index contributed by atoms with van der Waals surface area (Å²) in [7, 11) is 0. The summed E-state index contributed by atoms with van der Waals surface area (Å²) < 4.78 is 34.9. The number of benzene rings is 1. The molecule has 0 fully saturated rings. The molecule has 0 unspecified atom stereocenters. The molecule has 3 aromatic rings. The van der Waals surface area contributed by atoms with Crippen LogP contribution in [0.3, 0.4) is 0 Å². The number of hydrogen-bond donors (Lipinski definition) is 1. The SMILES string of the molecule is Cc1cc(C[N-]Cc2c(O)ccnc2C(=O)Oc2ccccc2)ncc1OCC(F)F.[W]. The monoisotopic (exact) mass is 612 g/mol. The van der Waals surface area contributed by atoms with Crippen LogP contribution >= 0.6 is 0 Å². The van der Waals surface area contributed by atoms with E-state index in [2.05, 4.69) is 15.3 Å². The largest absolute Gasteiger partial charge is 0.653 e. The number of pyridine rings is 2. The average Bonchev–Trinajstić information content (AvgIpc) is 2.74. The van der Waals surface area contributed by atoms with E-state index in [0.717, 1.165) is 0 Å². The molecule has 0 bridgehead atoms. The standard InChI is InChI=1S/C22H20F2N3O4.W/c1-14-9-15(27-12-19(14)30-13-20(23)24)10-25-11-17-18(28)7-8-26-21(17)22(29)31-16-5-3-2-4-6-16;/h2-9,12,20H,10-11,13H2,1H3,(H,26,28);/q-1;. The van der Waals surface area contributed by atoms with E-state index in [1.54, 1.807) is 43.3 Å². The van der Waals surface area contributed by atoms with E-state index in [1.165, 1.54) is 18.5 Å². The van der Waals surface area contributed by atoms with Gasteiger partial charge >= 0.3 is 5.97 Å². The Bertz CT molecular complexity index is 1040. The number of esters is 1. The van der Waals surface area contributed by atoms with Crippen molar-refractivity contribution in [1.29, 1.82) is 0 Å². The molecule has 0 amide bonds. The summed E-state index contributed by atoms with van der Waals surface area (Å²) >= 11 is 0. The Labute approximate surface area is 198 Å². The van der Waals surface area contributed by atoms with Crippen molar-refractivity contribution in [2.75, 3.05) is 6.61 Å². The fourth-order valence-electron chi connectivity index (χ4n) is 2.73. The zero-order valence-corrected chi connectivity index (χ0v) is 20.0. The number of para-hydroxylation sites is 1. The number of carbonyl (C=O) groups is 1. The maximum Gasteiger partial charge on any atom is 0.362 e. The minimum Gasteiger partial charge on any atom is -0.653 e. The molecule has 0 radical (unpaired) electrons. The molecule has 3 rings (SSSR count). The van der Waals surface area contributed by atoms with Gasteiger partial charge in [0.25, 0.3) is 6.43 Å². The van der Waals surface area contributed by atoms with Gasteiger partial charge in [-0.25, -0.2) is 18.6 Å². The predicted octanol–water partition coefficient (Wildman–Crippen LogP) is 4.43. The average molecular weight is 612 g/mol. The smallest absolute Gasteiger partial charge is 0.362 e. The summed E-state index contributed by atoms with van der Waals surface area (Å²) in [5.74, 6) is -0.199. The van der Waals surface area contributed by atoms with Gasteiger partial charge in [-0.15, -0.1) is 13.1 Å². The first-order valence-electron chi connectivity index (χ1n) is 9.38. The molecule has 0 aliphatic rings. The quantitative estimate of drug-likeness (QED) is 0.284. The molecule has 2 aromatic heterocycles. The number of nitrogens with zero attached hydrogens (tertiary/aromatic N) is 3. The van der Waals surface area contributed by atoms with Crippen LogP contribution in [-0.4, -0.2) is 34.1 Å². The topological polar surface area (TPSA) is 95.6 Å². The van der Waals surface area contributed by atoms with Gasteiger partial charge in [-0.3, -0.25) is 4.98 Å². The molecule has 168 valence electrons. The van der Waals surface area contributed by atoms with Crippen molar-refractivity contribution in [2.45, 2.75) is 26.4 Å². The van der Waals surface area contributed by atoms with Crippen LogP contribution in [-0.2, 0) is 34.2 Å². The molecule has 0 aliphatic heterocycles. The number of aromatic hydroxyl groups is 1. The van der Waals surface area contributed by atoms with Crippen LogP contribution in [0.4, 0.5) is 8.78 Å². The van der Waals surface area contributed by atoms with Crippen LogP contribution in [0, 0.1) is 6.92 Å². The molecule has 10 heteroatoms. The molecule has 2 heterocycles. The summed E-state index contributed by atoms with van der Waals surface area (Å²) in [5, 5.41) is 14.5. The molecule has 1 aromatic carbocycles. The molecule has 7 nitrogen and oxygen atoms in total. The van der Waals surface area contributed by atoms with Crippen molar-refractivity contribution in [1.82, 2.24) is 9.97 Å². The van der Waals surface area contributed by atoms with Crippen LogP contribution in [0.5, 0.6) is 17.2 Å². The van der Waals surface area contributed by atoms with E-state index in [9.17, 15) is 18.7 Å². The van der Waals surface area contributed by atoms with Gasteiger partial charge in [0.1, 0.15) is 23.9 Å². The second-order valence-electron chi connectivity index (χ2n) is 6.54. The van der Waals surface area contributed by atoms with E-state index in [-0.39, 0.29) is 56.9 Å². The van der Waals surface area contributed by atoms with Crippen LogP contribution in [0.25, 0.3) is 5.32 Å². The Morgan fingerprint density at radius 3 is 2.59 bits per heavy atom. The Morgan fingerprint density at radius 1 is 1.16 bits per heavy atom. The Balaban J connectivity index is 0.00000363. The number of carbonyl (C=O) groups excluding carboxylic acids is 1. The fraction of sp³-hybridized carbons (Fsp3) is 0.227. The molecule has 0 saturated carbocycles. The van der Waals surface area contributed by atoms with Crippen LogP contribution in [0.15, 0.2) is 54.9 Å². The molecule has 0 spiro atoms. The molecule has 1 N–H and O–H groups in total. The number of hydrogen-bond acceptors (Lipinski definition) is 6. The number of ether oxygens (including phenoxy) is 2. The van der Waals surface area contributed by atoms with Crippen molar-refractivity contribution in [3.8, 4) is 17.2 Å². The first kappa shape index (κ1) is 25.4. The predicted molar refractivity (Wildman–Crippen MR) is 109 cm³/mol. The third-order valence-electron chi connectivity index (χ3n) is 4.21.